The molecule has 8 nitrogen and oxygen atoms in total. The molecule has 0 radical (unpaired) electrons. The number of hydrogen-bond acceptors (Lipinski definition) is 7. The summed E-state index contributed by atoms with van der Waals surface area (Å²) in [5.74, 6) is 0. The van der Waals surface area contributed by atoms with E-state index in [4.69, 9.17) is 23.2 Å². The third-order valence-electron chi connectivity index (χ3n) is 5.06. The second-order valence-electron chi connectivity index (χ2n) is 6.90. The van der Waals surface area contributed by atoms with Crippen LogP contribution in [-0.4, -0.2) is 64.1 Å². The van der Waals surface area contributed by atoms with Crippen LogP contribution in [0.5, 0.6) is 0 Å². The number of sulfonamides is 1. The van der Waals surface area contributed by atoms with Crippen LogP contribution in [0.4, 0.5) is 0 Å². The second kappa shape index (κ2) is 9.07. The molecule has 0 unspecified atom stereocenters. The molecule has 0 spiro atoms. The zero-order chi connectivity index (χ0) is 20.1. The summed E-state index contributed by atoms with van der Waals surface area (Å²) < 4.78 is 28.0. The first-order valence-corrected chi connectivity index (χ1v) is 11.0. The number of rotatable bonds is 6. The van der Waals surface area contributed by atoms with Gasteiger partial charge in [0.2, 0.25) is 0 Å². The summed E-state index contributed by atoms with van der Waals surface area (Å²) in [4.78, 5) is 6.49. The fraction of sp³-hybridized carbons (Fsp3) is 0.500. The summed E-state index contributed by atoms with van der Waals surface area (Å²) in [5, 5.41) is 8.95. The number of hydrogen-bond donors (Lipinski definition) is 1. The lowest BCUT2D eigenvalue weighted by molar-refractivity contribution is 0.179. The molecule has 0 amide bonds. The van der Waals surface area contributed by atoms with Crippen LogP contribution in [0.2, 0.25) is 0 Å². The Bertz CT molecular complexity index is 934. The molecule has 2 heterocycles. The summed E-state index contributed by atoms with van der Waals surface area (Å²) in [7, 11) is -3.57. The standard InChI is InChI=1S/C18H24N6O2S2/c19-9-15-1-3-16(4-2-15)12-23-14-21-11-17(23)13-22-5-7-24(8-6-22)28(25,26)18(27)10-20/h1,3,11,14H,2,4-8,10,12-13,20H2. The van der Waals surface area contributed by atoms with E-state index in [2.05, 4.69) is 20.5 Å². The minimum absolute atomic E-state index is 0.103. The molecule has 0 atom stereocenters. The smallest absolute Gasteiger partial charge is 0.250 e. The summed E-state index contributed by atoms with van der Waals surface area (Å²) in [6.45, 7) is 3.42. The van der Waals surface area contributed by atoms with Crippen LogP contribution in [0.25, 0.3) is 0 Å². The minimum atomic E-state index is -3.57. The molecule has 1 aliphatic carbocycles. The van der Waals surface area contributed by atoms with Gasteiger partial charge in [-0.05, 0) is 18.9 Å². The number of aromatic nitrogens is 2. The number of thiocarbonyl (C=S) groups is 1. The van der Waals surface area contributed by atoms with E-state index >= 15 is 0 Å². The highest BCUT2D eigenvalue weighted by atomic mass is 32.2. The number of imidazole rings is 1. The molecule has 150 valence electrons. The third-order valence-corrected chi connectivity index (χ3v) is 7.65. The molecule has 1 fully saturated rings. The number of allylic oxidation sites excluding steroid dienone is 4. The van der Waals surface area contributed by atoms with E-state index < -0.39 is 10.0 Å². The minimum Gasteiger partial charge on any atom is -0.329 e. The fourth-order valence-corrected chi connectivity index (χ4v) is 4.81. The van der Waals surface area contributed by atoms with E-state index in [-0.39, 0.29) is 10.7 Å². The number of piperazine rings is 1. The fourth-order valence-electron chi connectivity index (χ4n) is 3.35. The average Bonchev–Trinajstić information content (AvgIpc) is 3.14. The van der Waals surface area contributed by atoms with Gasteiger partial charge in [0.25, 0.3) is 10.0 Å². The summed E-state index contributed by atoms with van der Waals surface area (Å²) >= 11 is 4.90. The maximum Gasteiger partial charge on any atom is 0.250 e. The van der Waals surface area contributed by atoms with Crippen LogP contribution < -0.4 is 5.73 Å². The Labute approximate surface area is 171 Å². The molecule has 1 aromatic rings. The van der Waals surface area contributed by atoms with Crippen molar-refractivity contribution in [2.75, 3.05) is 32.7 Å². The Morgan fingerprint density at radius 2 is 1.96 bits per heavy atom. The molecule has 2 aliphatic rings. The molecule has 1 aliphatic heterocycles. The Morgan fingerprint density at radius 1 is 1.21 bits per heavy atom. The Morgan fingerprint density at radius 3 is 2.57 bits per heavy atom. The number of nitrogens with zero attached hydrogens (tertiary/aromatic N) is 5. The second-order valence-corrected chi connectivity index (χ2v) is 9.61. The third kappa shape index (κ3) is 4.74. The van der Waals surface area contributed by atoms with Gasteiger partial charge in [-0.25, -0.2) is 13.4 Å². The van der Waals surface area contributed by atoms with Gasteiger partial charge in [0.05, 0.1) is 18.1 Å². The molecule has 3 rings (SSSR count). The highest BCUT2D eigenvalue weighted by molar-refractivity contribution is 8.16. The number of nitriles is 1. The van der Waals surface area contributed by atoms with Crippen molar-refractivity contribution in [3.05, 3.63) is 41.5 Å². The van der Waals surface area contributed by atoms with Crippen LogP contribution in [0.3, 0.4) is 0 Å². The molecule has 10 heteroatoms. The van der Waals surface area contributed by atoms with Crippen LogP contribution >= 0.6 is 12.2 Å². The maximum atomic E-state index is 12.3. The van der Waals surface area contributed by atoms with Crippen molar-refractivity contribution < 1.29 is 8.42 Å². The molecule has 1 saturated heterocycles. The molecule has 2 N–H and O–H groups in total. The zero-order valence-electron chi connectivity index (χ0n) is 15.6. The number of nitrogens with two attached hydrogens (primary N) is 1. The van der Waals surface area contributed by atoms with Crippen molar-refractivity contribution in [1.29, 1.82) is 5.26 Å². The summed E-state index contributed by atoms with van der Waals surface area (Å²) in [6, 6.07) is 2.20. The van der Waals surface area contributed by atoms with Crippen molar-refractivity contribution in [2.24, 2.45) is 5.73 Å². The van der Waals surface area contributed by atoms with Gasteiger partial charge in [-0.3, -0.25) is 4.90 Å². The lowest BCUT2D eigenvalue weighted by atomic mass is 9.99. The quantitative estimate of drug-likeness (QED) is 0.678. The Hall–Kier alpha value is -1.90. The van der Waals surface area contributed by atoms with Crippen molar-refractivity contribution in [3.8, 4) is 6.07 Å². The van der Waals surface area contributed by atoms with Crippen LogP contribution in [-0.2, 0) is 23.1 Å². The first kappa shape index (κ1) is 20.8. The van der Waals surface area contributed by atoms with Crippen molar-refractivity contribution in [2.45, 2.75) is 25.9 Å². The topological polar surface area (TPSA) is 108 Å². The van der Waals surface area contributed by atoms with Gasteiger partial charge < -0.3 is 10.3 Å². The van der Waals surface area contributed by atoms with Gasteiger partial charge in [-0.15, -0.1) is 0 Å². The maximum absolute atomic E-state index is 12.3. The molecule has 0 aromatic carbocycles. The average molecular weight is 421 g/mol. The van der Waals surface area contributed by atoms with Gasteiger partial charge in [0.15, 0.2) is 0 Å². The molecular weight excluding hydrogens is 396 g/mol. The van der Waals surface area contributed by atoms with E-state index in [1.54, 1.807) is 0 Å². The van der Waals surface area contributed by atoms with E-state index in [1.807, 2.05) is 24.7 Å². The first-order valence-electron chi connectivity index (χ1n) is 9.17. The molecular formula is C18H24N6O2S2. The lowest BCUT2D eigenvalue weighted by Crippen LogP contribution is -2.50. The highest BCUT2D eigenvalue weighted by Gasteiger charge is 2.29. The predicted molar refractivity (Wildman–Crippen MR) is 111 cm³/mol. The van der Waals surface area contributed by atoms with Gasteiger partial charge in [-0.1, -0.05) is 23.9 Å². The zero-order valence-corrected chi connectivity index (χ0v) is 17.3. The SMILES string of the molecule is N#CC1=CC=C(Cn2cncc2CN2CCN(S(=O)(=O)C(=S)CN)CC2)CC1. The molecule has 28 heavy (non-hydrogen) atoms. The van der Waals surface area contributed by atoms with Gasteiger partial charge in [0, 0.05) is 57.6 Å². The van der Waals surface area contributed by atoms with Gasteiger partial charge in [0.1, 0.15) is 4.20 Å². The van der Waals surface area contributed by atoms with E-state index in [1.165, 1.54) is 9.88 Å². The molecule has 0 bridgehead atoms. The molecule has 0 saturated carbocycles. The first-order chi connectivity index (χ1) is 13.4. The Kier molecular flexibility index (Phi) is 6.74. The van der Waals surface area contributed by atoms with Crippen molar-refractivity contribution in [1.82, 2.24) is 18.8 Å². The van der Waals surface area contributed by atoms with E-state index in [0.717, 1.165) is 30.7 Å². The van der Waals surface area contributed by atoms with Crippen LogP contribution in [0.1, 0.15) is 18.5 Å². The van der Waals surface area contributed by atoms with Crippen molar-refractivity contribution in [3.63, 3.8) is 0 Å². The lowest BCUT2D eigenvalue weighted by Gasteiger charge is -2.34. The largest absolute Gasteiger partial charge is 0.329 e. The van der Waals surface area contributed by atoms with Crippen molar-refractivity contribution >= 4 is 26.4 Å². The predicted octanol–water partition coefficient (Wildman–Crippen LogP) is 0.787. The monoisotopic (exact) mass is 420 g/mol. The Balaban J connectivity index is 1.58. The van der Waals surface area contributed by atoms with Gasteiger partial charge in [-0.2, -0.15) is 9.57 Å². The van der Waals surface area contributed by atoms with E-state index in [9.17, 15) is 8.42 Å². The molecule has 1 aromatic heterocycles. The normalized spacial score (nSPS) is 19.0. The highest BCUT2D eigenvalue weighted by Crippen LogP contribution is 2.20. The van der Waals surface area contributed by atoms with Crippen LogP contribution in [0, 0.1) is 11.3 Å². The summed E-state index contributed by atoms with van der Waals surface area (Å²) in [6.07, 6.45) is 9.26. The van der Waals surface area contributed by atoms with E-state index in [0.29, 0.717) is 32.7 Å². The van der Waals surface area contributed by atoms with Crippen LogP contribution in [0.15, 0.2) is 35.8 Å². The summed E-state index contributed by atoms with van der Waals surface area (Å²) in [5.41, 5.74) is 8.57. The van der Waals surface area contributed by atoms with Gasteiger partial charge >= 0.3 is 0 Å².